The predicted octanol–water partition coefficient (Wildman–Crippen LogP) is 2.88. The van der Waals surface area contributed by atoms with E-state index in [9.17, 15) is 14.7 Å². The molecular weight excluding hydrogens is 386 g/mol. The van der Waals surface area contributed by atoms with E-state index in [0.717, 1.165) is 22.3 Å². The van der Waals surface area contributed by atoms with Gasteiger partial charge in [0, 0.05) is 12.5 Å². The van der Waals surface area contributed by atoms with Crippen LogP contribution in [0, 0.1) is 0 Å². The number of nitrogens with zero attached hydrogens (tertiary/aromatic N) is 1. The van der Waals surface area contributed by atoms with Gasteiger partial charge < -0.3 is 19.3 Å². The van der Waals surface area contributed by atoms with Gasteiger partial charge in [-0.2, -0.15) is 0 Å². The fourth-order valence-electron chi connectivity index (χ4n) is 4.83. The number of rotatable bonds is 3. The Labute approximate surface area is 174 Å². The van der Waals surface area contributed by atoms with Gasteiger partial charge in [0.1, 0.15) is 12.7 Å². The van der Waals surface area contributed by atoms with Crippen LogP contribution in [0.4, 0.5) is 4.79 Å². The summed E-state index contributed by atoms with van der Waals surface area (Å²) in [6.45, 7) is 0.905. The quantitative estimate of drug-likeness (QED) is 0.839. The van der Waals surface area contributed by atoms with E-state index < -0.39 is 18.1 Å². The van der Waals surface area contributed by atoms with Crippen molar-refractivity contribution in [1.29, 1.82) is 0 Å². The summed E-state index contributed by atoms with van der Waals surface area (Å²) < 4.78 is 16.8. The molecule has 2 aromatic rings. The molecule has 3 atom stereocenters. The number of aliphatic carboxylic acids is 1. The molecule has 2 heterocycles. The number of hydrogen-bond acceptors (Lipinski definition) is 5. The summed E-state index contributed by atoms with van der Waals surface area (Å²) >= 11 is 0. The van der Waals surface area contributed by atoms with Crippen LogP contribution in [0.5, 0.6) is 0 Å². The molecule has 30 heavy (non-hydrogen) atoms. The van der Waals surface area contributed by atoms with Crippen LogP contribution in [-0.4, -0.2) is 66.7 Å². The molecule has 5 rings (SSSR count). The highest BCUT2D eigenvalue weighted by atomic mass is 16.6. The highest BCUT2D eigenvalue weighted by Crippen LogP contribution is 2.44. The van der Waals surface area contributed by atoms with Crippen LogP contribution >= 0.6 is 0 Å². The number of morpholine rings is 1. The van der Waals surface area contributed by atoms with Crippen molar-refractivity contribution in [1.82, 2.24) is 4.90 Å². The summed E-state index contributed by atoms with van der Waals surface area (Å²) in [5.41, 5.74) is 4.53. The Bertz CT molecular complexity index is 930. The summed E-state index contributed by atoms with van der Waals surface area (Å²) in [6, 6.07) is 14.8. The molecule has 1 unspecified atom stereocenters. The van der Waals surface area contributed by atoms with E-state index >= 15 is 0 Å². The second-order valence-corrected chi connectivity index (χ2v) is 7.87. The van der Waals surface area contributed by atoms with E-state index in [4.69, 9.17) is 14.2 Å². The molecule has 0 bridgehead atoms. The van der Waals surface area contributed by atoms with Crippen LogP contribution in [0.25, 0.3) is 11.1 Å². The minimum atomic E-state index is -1.09. The smallest absolute Gasteiger partial charge is 0.410 e. The number of carboxylic acid groups (broad SMARTS) is 1. The van der Waals surface area contributed by atoms with E-state index in [1.807, 2.05) is 24.3 Å². The molecule has 1 N–H and O–H groups in total. The Hall–Kier alpha value is -2.90. The van der Waals surface area contributed by atoms with Gasteiger partial charge in [-0.15, -0.1) is 0 Å². The van der Waals surface area contributed by atoms with E-state index in [1.54, 1.807) is 0 Å². The lowest BCUT2D eigenvalue weighted by molar-refractivity contribution is -0.172. The molecule has 0 radical (unpaired) electrons. The number of benzene rings is 2. The molecule has 7 heteroatoms. The monoisotopic (exact) mass is 409 g/mol. The van der Waals surface area contributed by atoms with Crippen LogP contribution in [-0.2, 0) is 19.0 Å². The van der Waals surface area contributed by atoms with Crippen molar-refractivity contribution in [3.63, 3.8) is 0 Å². The first-order chi connectivity index (χ1) is 14.6. The topological polar surface area (TPSA) is 85.3 Å². The standard InChI is InChI=1S/C23H23NO6/c25-22(26)20-12-29-21-13-28-10-9-19(21)24(20)23(27)30-11-18-16-7-3-1-5-14(16)15-6-2-4-8-17(15)18/h1-8,18-21H,9-13H2,(H,25,26)/t19-,20?,21+/m1/s1. The highest BCUT2D eigenvalue weighted by molar-refractivity contribution is 5.81. The number of hydrogen-bond donors (Lipinski definition) is 1. The van der Waals surface area contributed by atoms with E-state index in [-0.39, 0.29) is 31.3 Å². The van der Waals surface area contributed by atoms with Gasteiger partial charge in [-0.05, 0) is 28.7 Å². The Kier molecular flexibility index (Phi) is 4.92. The average Bonchev–Trinajstić information content (AvgIpc) is 3.10. The van der Waals surface area contributed by atoms with Gasteiger partial charge >= 0.3 is 12.1 Å². The zero-order valence-electron chi connectivity index (χ0n) is 16.4. The van der Waals surface area contributed by atoms with Gasteiger partial charge in [-0.25, -0.2) is 9.59 Å². The van der Waals surface area contributed by atoms with Crippen molar-refractivity contribution in [3.05, 3.63) is 59.7 Å². The fraction of sp³-hybridized carbons (Fsp3) is 0.391. The maximum Gasteiger partial charge on any atom is 0.410 e. The number of fused-ring (bicyclic) bond motifs is 4. The zero-order chi connectivity index (χ0) is 20.7. The normalized spacial score (nSPS) is 25.2. The van der Waals surface area contributed by atoms with Gasteiger partial charge in [0.05, 0.1) is 19.3 Å². The summed E-state index contributed by atoms with van der Waals surface area (Å²) in [6.07, 6.45) is -0.405. The SMILES string of the molecule is O=C(O)C1CO[C@H]2COCC[C@H]2N1C(=O)OCC1c2ccccc2-c2ccccc21. The van der Waals surface area contributed by atoms with Crippen molar-refractivity contribution in [2.24, 2.45) is 0 Å². The highest BCUT2D eigenvalue weighted by Gasteiger charge is 2.46. The number of carbonyl (C=O) groups excluding carboxylic acids is 1. The Morgan fingerprint density at radius 3 is 2.37 bits per heavy atom. The van der Waals surface area contributed by atoms with Gasteiger partial charge in [-0.1, -0.05) is 48.5 Å². The molecule has 0 spiro atoms. The Morgan fingerprint density at radius 2 is 1.70 bits per heavy atom. The van der Waals surface area contributed by atoms with Crippen molar-refractivity contribution < 1.29 is 28.9 Å². The molecule has 1 aliphatic carbocycles. The minimum absolute atomic E-state index is 0.0654. The minimum Gasteiger partial charge on any atom is -0.480 e. The first kappa shape index (κ1) is 19.1. The van der Waals surface area contributed by atoms with E-state index in [2.05, 4.69) is 24.3 Å². The van der Waals surface area contributed by atoms with Crippen LogP contribution in [0.2, 0.25) is 0 Å². The van der Waals surface area contributed by atoms with E-state index in [0.29, 0.717) is 19.6 Å². The van der Waals surface area contributed by atoms with Gasteiger partial charge in [0.25, 0.3) is 0 Å². The number of carbonyl (C=O) groups is 2. The molecule has 0 saturated carbocycles. The molecule has 2 aromatic carbocycles. The first-order valence-electron chi connectivity index (χ1n) is 10.2. The Balaban J connectivity index is 1.38. The fourth-order valence-corrected chi connectivity index (χ4v) is 4.83. The summed E-state index contributed by atoms with van der Waals surface area (Å²) in [5, 5.41) is 9.63. The lowest BCUT2D eigenvalue weighted by atomic mass is 9.98. The molecular formula is C23H23NO6. The number of amides is 1. The molecule has 7 nitrogen and oxygen atoms in total. The Morgan fingerprint density at radius 1 is 1.03 bits per heavy atom. The third-order valence-corrected chi connectivity index (χ3v) is 6.26. The van der Waals surface area contributed by atoms with Crippen molar-refractivity contribution in [2.75, 3.05) is 26.4 Å². The van der Waals surface area contributed by atoms with Crippen LogP contribution in [0.15, 0.2) is 48.5 Å². The van der Waals surface area contributed by atoms with Gasteiger partial charge in [0.2, 0.25) is 0 Å². The lowest BCUT2D eigenvalue weighted by Crippen LogP contribution is -2.64. The van der Waals surface area contributed by atoms with E-state index in [1.165, 1.54) is 4.90 Å². The summed E-state index contributed by atoms with van der Waals surface area (Å²) in [7, 11) is 0. The molecule has 0 aromatic heterocycles. The molecule has 3 aliphatic rings. The van der Waals surface area contributed by atoms with Crippen molar-refractivity contribution in [3.8, 4) is 11.1 Å². The van der Waals surface area contributed by atoms with Crippen molar-refractivity contribution >= 4 is 12.1 Å². The lowest BCUT2D eigenvalue weighted by Gasteiger charge is -2.45. The largest absolute Gasteiger partial charge is 0.480 e. The third kappa shape index (κ3) is 3.14. The maximum absolute atomic E-state index is 13.1. The van der Waals surface area contributed by atoms with Crippen LogP contribution < -0.4 is 0 Å². The number of carboxylic acids is 1. The predicted molar refractivity (Wildman–Crippen MR) is 107 cm³/mol. The third-order valence-electron chi connectivity index (χ3n) is 6.26. The molecule has 2 fully saturated rings. The number of ether oxygens (including phenoxy) is 3. The summed E-state index contributed by atoms with van der Waals surface area (Å²) in [5.74, 6) is -1.16. The molecule has 2 aliphatic heterocycles. The summed E-state index contributed by atoms with van der Waals surface area (Å²) in [4.78, 5) is 26.2. The molecule has 2 saturated heterocycles. The second kappa shape index (κ2) is 7.74. The molecule has 1 amide bonds. The maximum atomic E-state index is 13.1. The first-order valence-corrected chi connectivity index (χ1v) is 10.2. The van der Waals surface area contributed by atoms with Gasteiger partial charge in [0.15, 0.2) is 6.04 Å². The second-order valence-electron chi connectivity index (χ2n) is 7.87. The zero-order valence-corrected chi connectivity index (χ0v) is 16.4. The van der Waals surface area contributed by atoms with Gasteiger partial charge in [-0.3, -0.25) is 4.90 Å². The van der Waals surface area contributed by atoms with Crippen molar-refractivity contribution in [2.45, 2.75) is 30.5 Å². The van der Waals surface area contributed by atoms with Crippen LogP contribution in [0.1, 0.15) is 23.5 Å². The molecule has 156 valence electrons. The van der Waals surface area contributed by atoms with Crippen LogP contribution in [0.3, 0.4) is 0 Å². The average molecular weight is 409 g/mol.